The molecule has 0 unspecified atom stereocenters. The van der Waals surface area contributed by atoms with Crippen molar-refractivity contribution in [2.45, 2.75) is 19.8 Å². The first-order valence-corrected chi connectivity index (χ1v) is 7.10. The number of halogens is 1. The van der Waals surface area contributed by atoms with Crippen LogP contribution in [0.1, 0.15) is 30.1 Å². The highest BCUT2D eigenvalue weighted by Crippen LogP contribution is 2.28. The summed E-state index contributed by atoms with van der Waals surface area (Å²) in [6, 6.07) is 4.35. The van der Waals surface area contributed by atoms with Crippen LogP contribution in [0, 0.1) is 3.57 Å². The van der Waals surface area contributed by atoms with Crippen molar-refractivity contribution in [3.8, 4) is 0 Å². The standard InChI is InChI=1S/C13H11IN2O5/c1-7(17)15(16-11(18)4-5-12(16)19)10-6-8(14)2-3-9(10)13(20)21/h2-3,6H,4-5H2,1H3,(H,20,21). The summed E-state index contributed by atoms with van der Waals surface area (Å²) in [5, 5.41) is 10.8. The van der Waals surface area contributed by atoms with Crippen LogP contribution in [-0.2, 0) is 14.4 Å². The number of amides is 3. The van der Waals surface area contributed by atoms with E-state index in [1.165, 1.54) is 19.1 Å². The van der Waals surface area contributed by atoms with Crippen molar-refractivity contribution in [3.63, 3.8) is 0 Å². The monoisotopic (exact) mass is 402 g/mol. The zero-order valence-electron chi connectivity index (χ0n) is 11.0. The van der Waals surface area contributed by atoms with Crippen LogP contribution in [0.2, 0.25) is 0 Å². The maximum atomic E-state index is 11.9. The number of carbonyl (C=O) groups is 4. The van der Waals surface area contributed by atoms with Crippen LogP contribution in [0.5, 0.6) is 0 Å². The molecule has 2 rings (SSSR count). The van der Waals surface area contributed by atoms with E-state index in [0.29, 0.717) is 3.57 Å². The second-order valence-corrected chi connectivity index (χ2v) is 5.64. The highest BCUT2D eigenvalue weighted by atomic mass is 127. The van der Waals surface area contributed by atoms with Crippen LogP contribution in [0.3, 0.4) is 0 Å². The van der Waals surface area contributed by atoms with E-state index in [4.69, 9.17) is 0 Å². The van der Waals surface area contributed by atoms with Gasteiger partial charge in [-0.1, -0.05) is 0 Å². The van der Waals surface area contributed by atoms with Gasteiger partial charge in [-0.25, -0.2) is 9.80 Å². The Labute approximate surface area is 133 Å². The molecule has 21 heavy (non-hydrogen) atoms. The van der Waals surface area contributed by atoms with E-state index in [-0.39, 0.29) is 24.1 Å². The second-order valence-electron chi connectivity index (χ2n) is 4.40. The van der Waals surface area contributed by atoms with Gasteiger partial charge in [-0.3, -0.25) is 14.4 Å². The van der Waals surface area contributed by atoms with Crippen LogP contribution in [0.4, 0.5) is 5.69 Å². The molecule has 0 spiro atoms. The third-order valence-corrected chi connectivity index (χ3v) is 3.61. The zero-order chi connectivity index (χ0) is 15.7. The quantitative estimate of drug-likeness (QED) is 0.610. The number of rotatable bonds is 3. The Kier molecular flexibility index (Phi) is 4.26. The molecule has 1 aliphatic heterocycles. The number of anilines is 1. The summed E-state index contributed by atoms with van der Waals surface area (Å²) in [5.74, 6) is -2.90. The Morgan fingerprint density at radius 3 is 2.29 bits per heavy atom. The summed E-state index contributed by atoms with van der Waals surface area (Å²) in [5.41, 5.74) is -0.149. The van der Waals surface area contributed by atoms with E-state index in [2.05, 4.69) is 0 Å². The highest BCUT2D eigenvalue weighted by molar-refractivity contribution is 14.1. The van der Waals surface area contributed by atoms with Crippen LogP contribution >= 0.6 is 22.6 Å². The van der Waals surface area contributed by atoms with Crippen LogP contribution in [-0.4, -0.2) is 33.8 Å². The fourth-order valence-electron chi connectivity index (χ4n) is 2.07. The van der Waals surface area contributed by atoms with Gasteiger partial charge in [0, 0.05) is 23.3 Å². The smallest absolute Gasteiger partial charge is 0.337 e. The minimum Gasteiger partial charge on any atom is -0.478 e. The van der Waals surface area contributed by atoms with Crippen LogP contribution in [0.15, 0.2) is 18.2 Å². The van der Waals surface area contributed by atoms with Gasteiger partial charge in [-0.15, -0.1) is 0 Å². The molecule has 1 aromatic carbocycles. The van der Waals surface area contributed by atoms with E-state index in [1.54, 1.807) is 6.07 Å². The van der Waals surface area contributed by atoms with Gasteiger partial charge in [0.05, 0.1) is 11.3 Å². The molecule has 0 radical (unpaired) electrons. The Hall–Kier alpha value is -1.97. The predicted molar refractivity (Wildman–Crippen MR) is 80.4 cm³/mol. The Balaban J connectivity index is 2.61. The van der Waals surface area contributed by atoms with Gasteiger partial charge in [-0.2, -0.15) is 5.01 Å². The summed E-state index contributed by atoms with van der Waals surface area (Å²) >= 11 is 1.96. The summed E-state index contributed by atoms with van der Waals surface area (Å²) < 4.78 is 0.679. The molecule has 1 aliphatic rings. The molecule has 1 fully saturated rings. The number of imide groups is 1. The Morgan fingerprint density at radius 1 is 1.24 bits per heavy atom. The number of carboxylic acids is 1. The number of carbonyl (C=O) groups excluding carboxylic acids is 3. The normalized spacial score (nSPS) is 14.5. The lowest BCUT2D eigenvalue weighted by molar-refractivity contribution is -0.142. The maximum absolute atomic E-state index is 11.9. The van der Waals surface area contributed by atoms with E-state index in [0.717, 1.165) is 10.0 Å². The van der Waals surface area contributed by atoms with Crippen molar-refractivity contribution in [2.24, 2.45) is 0 Å². The van der Waals surface area contributed by atoms with E-state index in [9.17, 15) is 24.3 Å². The molecule has 3 amide bonds. The maximum Gasteiger partial charge on any atom is 0.337 e. The average Bonchev–Trinajstić information content (AvgIpc) is 2.70. The molecule has 0 aromatic heterocycles. The molecule has 0 aliphatic carbocycles. The number of carboxylic acid groups (broad SMARTS) is 1. The summed E-state index contributed by atoms with van der Waals surface area (Å²) in [7, 11) is 0. The number of aromatic carboxylic acids is 1. The lowest BCUT2D eigenvalue weighted by atomic mass is 10.1. The summed E-state index contributed by atoms with van der Waals surface area (Å²) in [6.07, 6.45) is 0.0177. The molecular weight excluding hydrogens is 391 g/mol. The van der Waals surface area contributed by atoms with Gasteiger partial charge in [0.1, 0.15) is 0 Å². The minimum atomic E-state index is -1.24. The molecule has 1 N–H and O–H groups in total. The van der Waals surface area contributed by atoms with Crippen LogP contribution < -0.4 is 5.01 Å². The Bertz CT molecular complexity index is 642. The van der Waals surface area contributed by atoms with Gasteiger partial charge < -0.3 is 5.11 Å². The van der Waals surface area contributed by atoms with Crippen molar-refractivity contribution in [1.29, 1.82) is 0 Å². The van der Waals surface area contributed by atoms with Crippen molar-refractivity contribution in [2.75, 3.05) is 5.01 Å². The number of hydrogen-bond acceptors (Lipinski definition) is 4. The Morgan fingerprint density at radius 2 is 1.81 bits per heavy atom. The van der Waals surface area contributed by atoms with E-state index in [1.807, 2.05) is 22.6 Å². The molecule has 1 heterocycles. The average molecular weight is 402 g/mol. The second kappa shape index (κ2) is 5.80. The molecule has 1 saturated heterocycles. The third-order valence-electron chi connectivity index (χ3n) is 2.94. The van der Waals surface area contributed by atoms with Gasteiger partial charge in [0.15, 0.2) is 0 Å². The largest absolute Gasteiger partial charge is 0.478 e. The molecule has 7 nitrogen and oxygen atoms in total. The van der Waals surface area contributed by atoms with Crippen molar-refractivity contribution >= 4 is 52.0 Å². The van der Waals surface area contributed by atoms with Crippen molar-refractivity contribution in [1.82, 2.24) is 5.01 Å². The highest BCUT2D eigenvalue weighted by Gasteiger charge is 2.37. The summed E-state index contributed by atoms with van der Waals surface area (Å²) in [6.45, 7) is 1.17. The number of hydrazine groups is 1. The minimum absolute atomic E-state index is 0.00509. The molecule has 0 atom stereocenters. The molecule has 110 valence electrons. The molecule has 0 bridgehead atoms. The third kappa shape index (κ3) is 2.89. The lowest BCUT2D eigenvalue weighted by Gasteiger charge is -2.30. The van der Waals surface area contributed by atoms with E-state index >= 15 is 0 Å². The molecule has 1 aromatic rings. The molecular formula is C13H11IN2O5. The van der Waals surface area contributed by atoms with E-state index < -0.39 is 23.7 Å². The first kappa shape index (κ1) is 15.4. The topological polar surface area (TPSA) is 95.0 Å². The van der Waals surface area contributed by atoms with Gasteiger partial charge in [0.2, 0.25) is 17.7 Å². The first-order valence-electron chi connectivity index (χ1n) is 6.02. The van der Waals surface area contributed by atoms with Gasteiger partial charge in [0.25, 0.3) is 0 Å². The van der Waals surface area contributed by atoms with Crippen LogP contribution in [0.25, 0.3) is 0 Å². The number of hydrogen-bond donors (Lipinski definition) is 1. The van der Waals surface area contributed by atoms with Crippen molar-refractivity contribution < 1.29 is 24.3 Å². The molecule has 0 saturated carbocycles. The fourth-order valence-corrected chi connectivity index (χ4v) is 2.54. The zero-order valence-corrected chi connectivity index (χ0v) is 13.2. The van der Waals surface area contributed by atoms with Gasteiger partial charge >= 0.3 is 5.97 Å². The first-order chi connectivity index (χ1) is 9.82. The lowest BCUT2D eigenvalue weighted by Crippen LogP contribution is -2.49. The fraction of sp³-hybridized carbons (Fsp3) is 0.231. The predicted octanol–water partition coefficient (Wildman–Crippen LogP) is 1.41. The van der Waals surface area contributed by atoms with Gasteiger partial charge in [-0.05, 0) is 40.8 Å². The number of benzene rings is 1. The number of nitrogens with zero attached hydrogens (tertiary/aromatic N) is 2. The SMILES string of the molecule is CC(=O)N(c1cc(I)ccc1C(=O)O)N1C(=O)CCC1=O. The summed E-state index contributed by atoms with van der Waals surface area (Å²) in [4.78, 5) is 46.9. The molecule has 8 heteroatoms. The van der Waals surface area contributed by atoms with Crippen molar-refractivity contribution in [3.05, 3.63) is 27.3 Å².